The lowest BCUT2D eigenvalue weighted by Gasteiger charge is -2.20. The average molecular weight is 204 g/mol. The van der Waals surface area contributed by atoms with Crippen LogP contribution in [-0.4, -0.2) is 62.6 Å². The van der Waals surface area contributed by atoms with Crippen molar-refractivity contribution in [2.24, 2.45) is 0 Å². The van der Waals surface area contributed by atoms with E-state index in [1.54, 1.807) is 14.0 Å². The SMILES string of the molecule is COCC(C)NCCN(C)C[C@H](C)O. The van der Waals surface area contributed by atoms with E-state index >= 15 is 0 Å². The molecular formula is C10H24N2O2. The van der Waals surface area contributed by atoms with Crippen LogP contribution >= 0.6 is 0 Å². The first-order valence-corrected chi connectivity index (χ1v) is 5.15. The third-order valence-electron chi connectivity index (χ3n) is 1.98. The molecule has 0 aromatic carbocycles. The Morgan fingerprint density at radius 2 is 2.07 bits per heavy atom. The molecule has 0 radical (unpaired) electrons. The quantitative estimate of drug-likeness (QED) is 0.581. The Balaban J connectivity index is 3.34. The molecule has 0 aromatic rings. The number of aliphatic hydroxyl groups excluding tert-OH is 1. The van der Waals surface area contributed by atoms with Crippen LogP contribution in [0.4, 0.5) is 0 Å². The Hall–Kier alpha value is -0.160. The van der Waals surface area contributed by atoms with Gasteiger partial charge in [-0.3, -0.25) is 0 Å². The molecule has 0 aliphatic carbocycles. The number of likely N-dealkylation sites (N-methyl/N-ethyl adjacent to an activating group) is 1. The molecule has 14 heavy (non-hydrogen) atoms. The lowest BCUT2D eigenvalue weighted by atomic mass is 10.3. The van der Waals surface area contributed by atoms with Crippen molar-refractivity contribution in [1.82, 2.24) is 10.2 Å². The van der Waals surface area contributed by atoms with E-state index in [1.807, 2.05) is 7.05 Å². The molecule has 0 rings (SSSR count). The molecule has 0 spiro atoms. The topological polar surface area (TPSA) is 44.7 Å². The fraction of sp³-hybridized carbons (Fsp3) is 1.00. The predicted octanol–water partition coefficient (Wildman–Crippen LogP) is -0.0765. The summed E-state index contributed by atoms with van der Waals surface area (Å²) in [4.78, 5) is 2.11. The zero-order valence-electron chi connectivity index (χ0n) is 9.79. The zero-order valence-corrected chi connectivity index (χ0v) is 9.79. The van der Waals surface area contributed by atoms with Gasteiger partial charge in [0.15, 0.2) is 0 Å². The maximum Gasteiger partial charge on any atom is 0.0638 e. The summed E-state index contributed by atoms with van der Waals surface area (Å²) in [5, 5.41) is 12.5. The highest BCUT2D eigenvalue weighted by Crippen LogP contribution is 1.87. The lowest BCUT2D eigenvalue weighted by molar-refractivity contribution is 0.138. The van der Waals surface area contributed by atoms with Gasteiger partial charge in [-0.25, -0.2) is 0 Å². The second-order valence-corrected chi connectivity index (χ2v) is 3.92. The summed E-state index contributed by atoms with van der Waals surface area (Å²) >= 11 is 0. The van der Waals surface area contributed by atoms with Crippen LogP contribution in [-0.2, 0) is 4.74 Å². The molecule has 0 saturated heterocycles. The van der Waals surface area contributed by atoms with Crippen LogP contribution in [0.3, 0.4) is 0 Å². The van der Waals surface area contributed by atoms with Gasteiger partial charge in [0.25, 0.3) is 0 Å². The smallest absolute Gasteiger partial charge is 0.0638 e. The number of ether oxygens (including phenoxy) is 1. The largest absolute Gasteiger partial charge is 0.392 e. The van der Waals surface area contributed by atoms with E-state index in [4.69, 9.17) is 9.84 Å². The highest BCUT2D eigenvalue weighted by Gasteiger charge is 2.03. The van der Waals surface area contributed by atoms with Gasteiger partial charge in [-0.2, -0.15) is 0 Å². The number of methoxy groups -OCH3 is 1. The first-order chi connectivity index (χ1) is 6.56. The summed E-state index contributed by atoms with van der Waals surface area (Å²) in [6, 6.07) is 0.389. The normalized spacial score (nSPS) is 15.9. The van der Waals surface area contributed by atoms with E-state index in [0.29, 0.717) is 6.04 Å². The van der Waals surface area contributed by atoms with Crippen LogP contribution in [0, 0.1) is 0 Å². The van der Waals surface area contributed by atoms with Crippen molar-refractivity contribution in [3.05, 3.63) is 0 Å². The van der Waals surface area contributed by atoms with Gasteiger partial charge in [-0.1, -0.05) is 0 Å². The van der Waals surface area contributed by atoms with Crippen molar-refractivity contribution in [3.63, 3.8) is 0 Å². The van der Waals surface area contributed by atoms with Gasteiger partial charge in [-0.15, -0.1) is 0 Å². The second-order valence-electron chi connectivity index (χ2n) is 3.92. The van der Waals surface area contributed by atoms with Crippen LogP contribution in [0.5, 0.6) is 0 Å². The Kier molecular flexibility index (Phi) is 8.08. The van der Waals surface area contributed by atoms with Crippen molar-refractivity contribution in [2.45, 2.75) is 26.0 Å². The van der Waals surface area contributed by atoms with Gasteiger partial charge in [0, 0.05) is 32.8 Å². The first kappa shape index (κ1) is 13.8. The van der Waals surface area contributed by atoms with Gasteiger partial charge in [0.1, 0.15) is 0 Å². The molecule has 2 atom stereocenters. The molecule has 0 aromatic heterocycles. The fourth-order valence-corrected chi connectivity index (χ4v) is 1.35. The Morgan fingerprint density at radius 3 is 2.57 bits per heavy atom. The zero-order chi connectivity index (χ0) is 11.0. The van der Waals surface area contributed by atoms with Crippen molar-refractivity contribution in [3.8, 4) is 0 Å². The van der Waals surface area contributed by atoms with E-state index in [-0.39, 0.29) is 6.10 Å². The molecule has 0 saturated carbocycles. The minimum atomic E-state index is -0.253. The molecule has 0 fully saturated rings. The molecule has 1 unspecified atom stereocenters. The van der Waals surface area contributed by atoms with E-state index < -0.39 is 0 Å². The van der Waals surface area contributed by atoms with E-state index in [0.717, 1.165) is 26.2 Å². The van der Waals surface area contributed by atoms with Gasteiger partial charge >= 0.3 is 0 Å². The molecule has 4 nitrogen and oxygen atoms in total. The third-order valence-corrected chi connectivity index (χ3v) is 1.98. The summed E-state index contributed by atoms with van der Waals surface area (Å²) < 4.78 is 5.01. The molecule has 0 aliphatic heterocycles. The van der Waals surface area contributed by atoms with Gasteiger partial charge in [-0.05, 0) is 20.9 Å². The third kappa shape index (κ3) is 8.44. The van der Waals surface area contributed by atoms with Crippen LogP contribution < -0.4 is 5.32 Å². The second kappa shape index (κ2) is 8.17. The summed E-state index contributed by atoms with van der Waals surface area (Å²) in [6.45, 7) is 7.23. The Labute approximate surface area is 87.2 Å². The molecule has 0 heterocycles. The summed E-state index contributed by atoms with van der Waals surface area (Å²) in [7, 11) is 3.72. The number of hydrogen-bond acceptors (Lipinski definition) is 4. The highest BCUT2D eigenvalue weighted by molar-refractivity contribution is 4.62. The van der Waals surface area contributed by atoms with E-state index in [1.165, 1.54) is 0 Å². The van der Waals surface area contributed by atoms with Crippen molar-refractivity contribution < 1.29 is 9.84 Å². The van der Waals surface area contributed by atoms with Gasteiger partial charge in [0.05, 0.1) is 12.7 Å². The van der Waals surface area contributed by atoms with Crippen molar-refractivity contribution in [2.75, 3.05) is 40.4 Å². The maximum atomic E-state index is 9.13. The monoisotopic (exact) mass is 204 g/mol. The number of aliphatic hydroxyl groups is 1. The van der Waals surface area contributed by atoms with Gasteiger partial charge < -0.3 is 20.1 Å². The highest BCUT2D eigenvalue weighted by atomic mass is 16.5. The summed E-state index contributed by atoms with van der Waals surface area (Å²) in [6.07, 6.45) is -0.253. The summed E-state index contributed by atoms with van der Waals surface area (Å²) in [5.41, 5.74) is 0. The van der Waals surface area contributed by atoms with Crippen LogP contribution in [0.1, 0.15) is 13.8 Å². The van der Waals surface area contributed by atoms with Crippen LogP contribution in [0.25, 0.3) is 0 Å². The number of hydrogen-bond donors (Lipinski definition) is 2. The van der Waals surface area contributed by atoms with Crippen LogP contribution in [0.2, 0.25) is 0 Å². The standard InChI is InChI=1S/C10H24N2O2/c1-9(8-14-4)11-5-6-12(3)7-10(2)13/h9-11,13H,5-8H2,1-4H3/t9?,10-/m0/s1. The first-order valence-electron chi connectivity index (χ1n) is 5.15. The minimum absolute atomic E-state index is 0.253. The molecule has 2 N–H and O–H groups in total. The fourth-order valence-electron chi connectivity index (χ4n) is 1.35. The van der Waals surface area contributed by atoms with Crippen molar-refractivity contribution >= 4 is 0 Å². The molecular weight excluding hydrogens is 180 g/mol. The summed E-state index contributed by atoms with van der Waals surface area (Å²) in [5.74, 6) is 0. The number of rotatable bonds is 8. The van der Waals surface area contributed by atoms with Crippen molar-refractivity contribution in [1.29, 1.82) is 0 Å². The molecule has 0 aliphatic rings. The van der Waals surface area contributed by atoms with E-state index in [9.17, 15) is 0 Å². The maximum absolute atomic E-state index is 9.13. The Bertz CT molecular complexity index is 131. The molecule has 86 valence electrons. The Morgan fingerprint density at radius 1 is 1.43 bits per heavy atom. The van der Waals surface area contributed by atoms with Gasteiger partial charge in [0.2, 0.25) is 0 Å². The van der Waals surface area contributed by atoms with Crippen LogP contribution in [0.15, 0.2) is 0 Å². The number of nitrogens with zero attached hydrogens (tertiary/aromatic N) is 1. The van der Waals surface area contributed by atoms with E-state index in [2.05, 4.69) is 17.1 Å². The minimum Gasteiger partial charge on any atom is -0.392 e. The average Bonchev–Trinajstić information content (AvgIpc) is 2.02. The lowest BCUT2D eigenvalue weighted by Crippen LogP contribution is -2.38. The predicted molar refractivity (Wildman–Crippen MR) is 58.5 cm³/mol. The molecule has 4 heteroatoms. The molecule has 0 bridgehead atoms. The number of nitrogens with one attached hydrogen (secondary N) is 1. The molecule has 0 amide bonds.